The van der Waals surface area contributed by atoms with Crippen LogP contribution in [0.1, 0.15) is 18.4 Å². The van der Waals surface area contributed by atoms with E-state index in [9.17, 15) is 0 Å². The maximum atomic E-state index is 9.01. The zero-order valence-corrected chi connectivity index (χ0v) is 9.34. The van der Waals surface area contributed by atoms with Crippen molar-refractivity contribution in [2.45, 2.75) is 31.7 Å². The van der Waals surface area contributed by atoms with Crippen LogP contribution in [-0.4, -0.2) is 30.5 Å². The maximum absolute atomic E-state index is 9.01. The summed E-state index contributed by atoms with van der Waals surface area (Å²) in [5.41, 5.74) is 1.19. The van der Waals surface area contributed by atoms with Gasteiger partial charge in [-0.2, -0.15) is 0 Å². The van der Waals surface area contributed by atoms with Gasteiger partial charge in [0.05, 0.1) is 25.4 Å². The van der Waals surface area contributed by atoms with Gasteiger partial charge in [0.2, 0.25) is 0 Å². The highest BCUT2D eigenvalue weighted by atomic mass is 16.5. The van der Waals surface area contributed by atoms with E-state index in [1.54, 1.807) is 0 Å². The molecule has 1 aromatic carbocycles. The van der Waals surface area contributed by atoms with Gasteiger partial charge in [-0.05, 0) is 12.0 Å². The molecule has 1 heterocycles. The van der Waals surface area contributed by atoms with E-state index in [1.807, 2.05) is 18.2 Å². The Hall–Kier alpha value is -0.900. The quantitative estimate of drug-likeness (QED) is 0.843. The number of aliphatic hydroxyl groups excluding tert-OH is 1. The monoisotopic (exact) mass is 222 g/mol. The first kappa shape index (κ1) is 11.6. The molecule has 1 aliphatic heterocycles. The van der Waals surface area contributed by atoms with Gasteiger partial charge >= 0.3 is 0 Å². The average molecular weight is 222 g/mol. The number of hydrogen-bond acceptors (Lipinski definition) is 3. The molecule has 0 radical (unpaired) electrons. The van der Waals surface area contributed by atoms with Gasteiger partial charge < -0.3 is 14.6 Å². The molecule has 0 saturated carbocycles. The molecule has 1 fully saturated rings. The van der Waals surface area contributed by atoms with E-state index in [4.69, 9.17) is 14.6 Å². The van der Waals surface area contributed by atoms with E-state index in [0.717, 1.165) is 12.8 Å². The lowest BCUT2D eigenvalue weighted by Gasteiger charge is -2.28. The summed E-state index contributed by atoms with van der Waals surface area (Å²) in [7, 11) is 0. The number of aliphatic hydroxyl groups is 1. The van der Waals surface area contributed by atoms with E-state index >= 15 is 0 Å². The lowest BCUT2D eigenvalue weighted by Crippen LogP contribution is -2.32. The Morgan fingerprint density at radius 3 is 2.88 bits per heavy atom. The molecule has 88 valence electrons. The largest absolute Gasteiger partial charge is 0.394 e. The topological polar surface area (TPSA) is 38.7 Å². The Morgan fingerprint density at radius 1 is 1.31 bits per heavy atom. The number of hydrogen-bond donors (Lipinski definition) is 1. The van der Waals surface area contributed by atoms with E-state index in [1.165, 1.54) is 5.56 Å². The Labute approximate surface area is 96.0 Å². The molecule has 16 heavy (non-hydrogen) atoms. The van der Waals surface area contributed by atoms with Crippen molar-refractivity contribution in [1.82, 2.24) is 0 Å². The summed E-state index contributed by atoms with van der Waals surface area (Å²) < 4.78 is 11.2. The lowest BCUT2D eigenvalue weighted by atomic mass is 10.1. The SMILES string of the molecule is OCC1CC(OCc2ccccc2)CCO1. The first-order chi connectivity index (χ1) is 7.88. The van der Waals surface area contributed by atoms with Crippen LogP contribution in [0.2, 0.25) is 0 Å². The van der Waals surface area contributed by atoms with Crippen LogP contribution in [0.25, 0.3) is 0 Å². The van der Waals surface area contributed by atoms with Crippen molar-refractivity contribution in [3.05, 3.63) is 35.9 Å². The molecule has 3 nitrogen and oxygen atoms in total. The van der Waals surface area contributed by atoms with Crippen molar-refractivity contribution in [2.24, 2.45) is 0 Å². The van der Waals surface area contributed by atoms with Crippen LogP contribution in [0, 0.1) is 0 Å². The Balaban J connectivity index is 1.77. The second-order valence-corrected chi connectivity index (χ2v) is 4.12. The van der Waals surface area contributed by atoms with Crippen LogP contribution in [0.4, 0.5) is 0 Å². The van der Waals surface area contributed by atoms with Gasteiger partial charge in [-0.25, -0.2) is 0 Å². The standard InChI is InChI=1S/C13H18O3/c14-9-13-8-12(6-7-15-13)16-10-11-4-2-1-3-5-11/h1-5,12-14H,6-10H2. The molecule has 0 aliphatic carbocycles. The minimum absolute atomic E-state index is 0.0467. The second kappa shape index (κ2) is 5.99. The van der Waals surface area contributed by atoms with E-state index < -0.39 is 0 Å². The van der Waals surface area contributed by atoms with Gasteiger partial charge in [0.25, 0.3) is 0 Å². The minimum atomic E-state index is -0.0467. The van der Waals surface area contributed by atoms with Gasteiger partial charge in [0, 0.05) is 13.0 Å². The highest BCUT2D eigenvalue weighted by Gasteiger charge is 2.22. The van der Waals surface area contributed by atoms with Crippen LogP contribution in [0.15, 0.2) is 30.3 Å². The van der Waals surface area contributed by atoms with Gasteiger partial charge in [-0.15, -0.1) is 0 Å². The van der Waals surface area contributed by atoms with Gasteiger partial charge in [0.1, 0.15) is 0 Å². The van der Waals surface area contributed by atoms with Crippen LogP contribution < -0.4 is 0 Å². The predicted octanol–water partition coefficient (Wildman–Crippen LogP) is 1.74. The Bertz CT molecular complexity index is 299. The van der Waals surface area contributed by atoms with Gasteiger partial charge in [-0.3, -0.25) is 0 Å². The molecule has 2 unspecified atom stereocenters. The molecule has 2 rings (SSSR count). The Morgan fingerprint density at radius 2 is 2.12 bits per heavy atom. The van der Waals surface area contributed by atoms with Crippen LogP contribution >= 0.6 is 0 Å². The number of ether oxygens (including phenoxy) is 2. The molecule has 1 aliphatic rings. The minimum Gasteiger partial charge on any atom is -0.394 e. The molecule has 2 atom stereocenters. The summed E-state index contributed by atoms with van der Waals surface area (Å²) in [5.74, 6) is 0. The predicted molar refractivity (Wildman–Crippen MR) is 61.1 cm³/mol. The smallest absolute Gasteiger partial charge is 0.0830 e. The van der Waals surface area contributed by atoms with Crippen molar-refractivity contribution < 1.29 is 14.6 Å². The van der Waals surface area contributed by atoms with Gasteiger partial charge in [-0.1, -0.05) is 30.3 Å². The number of benzene rings is 1. The average Bonchev–Trinajstić information content (AvgIpc) is 2.38. The fourth-order valence-electron chi connectivity index (χ4n) is 1.91. The number of rotatable bonds is 4. The van der Waals surface area contributed by atoms with Crippen molar-refractivity contribution in [1.29, 1.82) is 0 Å². The lowest BCUT2D eigenvalue weighted by molar-refractivity contribution is -0.0918. The summed E-state index contributed by atoms with van der Waals surface area (Å²) in [5, 5.41) is 9.01. The van der Waals surface area contributed by atoms with Crippen LogP contribution in [0.3, 0.4) is 0 Å². The zero-order valence-electron chi connectivity index (χ0n) is 9.34. The third kappa shape index (κ3) is 3.30. The molecular formula is C13H18O3. The second-order valence-electron chi connectivity index (χ2n) is 4.12. The zero-order chi connectivity index (χ0) is 11.2. The van der Waals surface area contributed by atoms with E-state index in [-0.39, 0.29) is 18.8 Å². The maximum Gasteiger partial charge on any atom is 0.0830 e. The normalized spacial score (nSPS) is 25.6. The summed E-state index contributed by atoms with van der Waals surface area (Å²) in [6, 6.07) is 10.1. The molecule has 0 bridgehead atoms. The van der Waals surface area contributed by atoms with Crippen LogP contribution in [-0.2, 0) is 16.1 Å². The first-order valence-electron chi connectivity index (χ1n) is 5.76. The van der Waals surface area contributed by atoms with E-state index in [2.05, 4.69) is 12.1 Å². The van der Waals surface area contributed by atoms with Crippen molar-refractivity contribution >= 4 is 0 Å². The molecule has 0 amide bonds. The molecule has 3 heteroatoms. The molecular weight excluding hydrogens is 204 g/mol. The molecule has 0 aromatic heterocycles. The van der Waals surface area contributed by atoms with E-state index in [0.29, 0.717) is 13.2 Å². The summed E-state index contributed by atoms with van der Waals surface area (Å²) in [6.45, 7) is 1.42. The first-order valence-corrected chi connectivity index (χ1v) is 5.76. The summed E-state index contributed by atoms with van der Waals surface area (Å²) in [6.07, 6.45) is 1.88. The molecule has 0 spiro atoms. The van der Waals surface area contributed by atoms with Crippen LogP contribution in [0.5, 0.6) is 0 Å². The summed E-state index contributed by atoms with van der Waals surface area (Å²) in [4.78, 5) is 0. The fourth-order valence-corrected chi connectivity index (χ4v) is 1.91. The fraction of sp³-hybridized carbons (Fsp3) is 0.538. The van der Waals surface area contributed by atoms with Crippen molar-refractivity contribution in [3.8, 4) is 0 Å². The van der Waals surface area contributed by atoms with Gasteiger partial charge in [0.15, 0.2) is 0 Å². The van der Waals surface area contributed by atoms with Crippen molar-refractivity contribution in [2.75, 3.05) is 13.2 Å². The third-order valence-electron chi connectivity index (χ3n) is 2.85. The third-order valence-corrected chi connectivity index (χ3v) is 2.85. The molecule has 1 aromatic rings. The Kier molecular flexibility index (Phi) is 4.34. The highest BCUT2D eigenvalue weighted by Crippen LogP contribution is 2.18. The molecule has 1 saturated heterocycles. The molecule has 1 N–H and O–H groups in total. The summed E-state index contributed by atoms with van der Waals surface area (Å²) >= 11 is 0. The van der Waals surface area contributed by atoms with Crippen molar-refractivity contribution in [3.63, 3.8) is 0 Å². The highest BCUT2D eigenvalue weighted by molar-refractivity contribution is 5.13.